The molecule has 0 spiro atoms. The van der Waals surface area contributed by atoms with Gasteiger partial charge in [0.15, 0.2) is 11.5 Å². The zero-order valence-corrected chi connectivity index (χ0v) is 16.2. The summed E-state index contributed by atoms with van der Waals surface area (Å²) in [6.07, 6.45) is 3.79. The van der Waals surface area contributed by atoms with Gasteiger partial charge in [-0.15, -0.1) is 0 Å². The number of likely N-dealkylation sites (tertiary alicyclic amines) is 1. The first-order valence-electron chi connectivity index (χ1n) is 10.3. The molecule has 1 N–H and O–H groups in total. The standard InChI is InChI=1S/C23H24N2O4/c26-22(15-6-7-15)24-18-4-1-3-17(13-18)23(27)25-10-2-5-19(25)16-8-9-20-21(14-16)29-12-11-28-20/h1,3-4,8-9,13-15,19H,2,5-7,10-12H2,(H,24,26). The molecule has 0 radical (unpaired) electrons. The first-order chi connectivity index (χ1) is 14.2. The normalized spacial score (nSPS) is 20.4. The van der Waals surface area contributed by atoms with Crippen molar-refractivity contribution in [2.24, 2.45) is 5.92 Å². The summed E-state index contributed by atoms with van der Waals surface area (Å²) in [5.74, 6) is 1.68. The predicted molar refractivity (Wildman–Crippen MR) is 108 cm³/mol. The van der Waals surface area contributed by atoms with Gasteiger partial charge in [-0.1, -0.05) is 12.1 Å². The van der Waals surface area contributed by atoms with E-state index in [9.17, 15) is 9.59 Å². The van der Waals surface area contributed by atoms with Gasteiger partial charge in [-0.05, 0) is 61.6 Å². The quantitative estimate of drug-likeness (QED) is 0.860. The second-order valence-corrected chi connectivity index (χ2v) is 7.90. The number of rotatable bonds is 4. The summed E-state index contributed by atoms with van der Waals surface area (Å²) in [4.78, 5) is 27.2. The van der Waals surface area contributed by atoms with Crippen LogP contribution in [0.15, 0.2) is 42.5 Å². The summed E-state index contributed by atoms with van der Waals surface area (Å²) in [5, 5.41) is 2.93. The molecule has 2 heterocycles. The van der Waals surface area contributed by atoms with E-state index in [1.807, 2.05) is 41.3 Å². The number of carbonyl (C=O) groups excluding carboxylic acids is 2. The molecule has 1 saturated carbocycles. The van der Waals surface area contributed by atoms with Gasteiger partial charge in [0, 0.05) is 23.7 Å². The van der Waals surface area contributed by atoms with Gasteiger partial charge in [0.1, 0.15) is 13.2 Å². The van der Waals surface area contributed by atoms with Crippen LogP contribution in [0.3, 0.4) is 0 Å². The van der Waals surface area contributed by atoms with Crippen LogP contribution < -0.4 is 14.8 Å². The van der Waals surface area contributed by atoms with E-state index in [0.717, 1.165) is 49.3 Å². The molecule has 1 aliphatic carbocycles. The minimum atomic E-state index is -0.00934. The third-order valence-electron chi connectivity index (χ3n) is 5.79. The van der Waals surface area contributed by atoms with E-state index in [-0.39, 0.29) is 23.8 Å². The molecule has 2 fully saturated rings. The number of nitrogens with one attached hydrogen (secondary N) is 1. The molecular formula is C23H24N2O4. The lowest BCUT2D eigenvalue weighted by molar-refractivity contribution is -0.117. The van der Waals surface area contributed by atoms with E-state index in [1.165, 1.54) is 0 Å². The second-order valence-electron chi connectivity index (χ2n) is 7.90. The summed E-state index contributed by atoms with van der Waals surface area (Å²) in [7, 11) is 0. The minimum Gasteiger partial charge on any atom is -0.486 e. The molecule has 29 heavy (non-hydrogen) atoms. The van der Waals surface area contributed by atoms with Crippen molar-refractivity contribution in [3.8, 4) is 11.5 Å². The highest BCUT2D eigenvalue weighted by molar-refractivity contribution is 5.98. The average Bonchev–Trinajstić information content (AvgIpc) is 3.50. The van der Waals surface area contributed by atoms with E-state index < -0.39 is 0 Å². The first kappa shape index (κ1) is 18.0. The van der Waals surface area contributed by atoms with Gasteiger partial charge in [0.25, 0.3) is 5.91 Å². The van der Waals surface area contributed by atoms with Crippen molar-refractivity contribution in [1.29, 1.82) is 0 Å². The van der Waals surface area contributed by atoms with Crippen LogP contribution in [0.1, 0.15) is 47.6 Å². The molecule has 150 valence electrons. The Morgan fingerprint density at radius 2 is 1.79 bits per heavy atom. The zero-order valence-electron chi connectivity index (χ0n) is 16.2. The largest absolute Gasteiger partial charge is 0.486 e. The molecule has 0 bridgehead atoms. The first-order valence-corrected chi connectivity index (χ1v) is 10.3. The van der Waals surface area contributed by atoms with E-state index >= 15 is 0 Å². The fourth-order valence-electron chi connectivity index (χ4n) is 4.11. The van der Waals surface area contributed by atoms with Crippen LogP contribution >= 0.6 is 0 Å². The molecule has 6 nitrogen and oxygen atoms in total. The predicted octanol–water partition coefficient (Wildman–Crippen LogP) is 3.78. The van der Waals surface area contributed by atoms with E-state index in [2.05, 4.69) is 5.32 Å². The molecule has 5 rings (SSSR count). The number of benzene rings is 2. The maximum atomic E-state index is 13.3. The van der Waals surface area contributed by atoms with Crippen molar-refractivity contribution >= 4 is 17.5 Å². The molecule has 3 aliphatic rings. The monoisotopic (exact) mass is 392 g/mol. The number of amides is 2. The zero-order chi connectivity index (χ0) is 19.8. The van der Waals surface area contributed by atoms with Crippen LogP contribution in [0.4, 0.5) is 5.69 Å². The van der Waals surface area contributed by atoms with Gasteiger partial charge < -0.3 is 19.7 Å². The second kappa shape index (κ2) is 7.43. The highest BCUT2D eigenvalue weighted by Crippen LogP contribution is 2.38. The number of anilines is 1. The summed E-state index contributed by atoms with van der Waals surface area (Å²) < 4.78 is 11.3. The van der Waals surface area contributed by atoms with Crippen LogP contribution in [0.5, 0.6) is 11.5 Å². The molecule has 1 saturated heterocycles. The van der Waals surface area contributed by atoms with Crippen molar-refractivity contribution in [3.05, 3.63) is 53.6 Å². The maximum absolute atomic E-state index is 13.3. The minimum absolute atomic E-state index is 0.00934. The number of nitrogens with zero attached hydrogens (tertiary/aromatic N) is 1. The molecule has 2 amide bonds. The van der Waals surface area contributed by atoms with Crippen molar-refractivity contribution in [2.45, 2.75) is 31.7 Å². The molecule has 1 atom stereocenters. The molecular weight excluding hydrogens is 368 g/mol. The van der Waals surface area contributed by atoms with Gasteiger partial charge in [0.05, 0.1) is 6.04 Å². The molecule has 2 aliphatic heterocycles. The number of hydrogen-bond acceptors (Lipinski definition) is 4. The Hall–Kier alpha value is -3.02. The van der Waals surface area contributed by atoms with Crippen LogP contribution in [-0.2, 0) is 4.79 Å². The highest BCUT2D eigenvalue weighted by Gasteiger charge is 2.32. The molecule has 2 aromatic rings. The summed E-state index contributed by atoms with van der Waals surface area (Å²) in [5.41, 5.74) is 2.35. The number of ether oxygens (including phenoxy) is 2. The Kier molecular flexibility index (Phi) is 4.62. The van der Waals surface area contributed by atoms with Crippen molar-refractivity contribution in [3.63, 3.8) is 0 Å². The Morgan fingerprint density at radius 1 is 0.966 bits per heavy atom. The van der Waals surface area contributed by atoms with Gasteiger partial charge in [0.2, 0.25) is 5.91 Å². The third kappa shape index (κ3) is 3.67. The lowest BCUT2D eigenvalue weighted by atomic mass is 10.0. The Bertz CT molecular complexity index is 954. The van der Waals surface area contributed by atoms with E-state index in [1.54, 1.807) is 6.07 Å². The summed E-state index contributed by atoms with van der Waals surface area (Å²) in [6, 6.07) is 13.2. The van der Waals surface area contributed by atoms with Gasteiger partial charge in [-0.2, -0.15) is 0 Å². The van der Waals surface area contributed by atoms with Crippen LogP contribution in [0.2, 0.25) is 0 Å². The topological polar surface area (TPSA) is 67.9 Å². The van der Waals surface area contributed by atoms with Crippen molar-refractivity contribution in [2.75, 3.05) is 25.1 Å². The average molecular weight is 392 g/mol. The van der Waals surface area contributed by atoms with Gasteiger partial charge in [-0.3, -0.25) is 9.59 Å². The fraction of sp³-hybridized carbons (Fsp3) is 0.391. The third-order valence-corrected chi connectivity index (χ3v) is 5.79. The summed E-state index contributed by atoms with van der Waals surface area (Å²) >= 11 is 0. The SMILES string of the molecule is O=C(Nc1cccc(C(=O)N2CCCC2c2ccc3c(c2)OCCO3)c1)C1CC1. The Morgan fingerprint density at radius 3 is 2.62 bits per heavy atom. The smallest absolute Gasteiger partial charge is 0.254 e. The number of carbonyl (C=O) groups is 2. The van der Waals surface area contributed by atoms with E-state index in [4.69, 9.17) is 9.47 Å². The fourth-order valence-corrected chi connectivity index (χ4v) is 4.11. The van der Waals surface area contributed by atoms with Gasteiger partial charge in [-0.25, -0.2) is 0 Å². The van der Waals surface area contributed by atoms with Crippen molar-refractivity contribution in [1.82, 2.24) is 4.90 Å². The van der Waals surface area contributed by atoms with Crippen molar-refractivity contribution < 1.29 is 19.1 Å². The highest BCUT2D eigenvalue weighted by atomic mass is 16.6. The van der Waals surface area contributed by atoms with Crippen LogP contribution in [0.25, 0.3) is 0 Å². The molecule has 2 aromatic carbocycles. The number of fused-ring (bicyclic) bond motifs is 1. The lowest BCUT2D eigenvalue weighted by Gasteiger charge is -2.27. The Balaban J connectivity index is 1.35. The molecule has 1 unspecified atom stereocenters. The van der Waals surface area contributed by atoms with Crippen LogP contribution in [0, 0.1) is 5.92 Å². The number of hydrogen-bond donors (Lipinski definition) is 1. The molecule has 0 aromatic heterocycles. The van der Waals surface area contributed by atoms with Crippen LogP contribution in [-0.4, -0.2) is 36.5 Å². The van der Waals surface area contributed by atoms with Gasteiger partial charge >= 0.3 is 0 Å². The molecule has 6 heteroatoms. The Labute approximate surface area is 169 Å². The summed E-state index contributed by atoms with van der Waals surface area (Å²) in [6.45, 7) is 1.83. The lowest BCUT2D eigenvalue weighted by Crippen LogP contribution is -2.30. The van der Waals surface area contributed by atoms with E-state index in [0.29, 0.717) is 24.5 Å². The maximum Gasteiger partial charge on any atom is 0.254 e.